The molecule has 0 heterocycles. The van der Waals surface area contributed by atoms with Crippen molar-refractivity contribution < 1.29 is 4.79 Å². The number of carbonyl (C=O) groups excluding carboxylic acids is 1. The van der Waals surface area contributed by atoms with Crippen molar-refractivity contribution in [1.29, 1.82) is 0 Å². The van der Waals surface area contributed by atoms with Gasteiger partial charge in [-0.3, -0.25) is 4.79 Å². The summed E-state index contributed by atoms with van der Waals surface area (Å²) in [6, 6.07) is 0.427. The summed E-state index contributed by atoms with van der Waals surface area (Å²) in [6.07, 6.45) is 1.57. The van der Waals surface area contributed by atoms with Gasteiger partial charge in [-0.15, -0.1) is 0 Å². The molecule has 1 amide bonds. The number of rotatable bonds is 6. The lowest BCUT2D eigenvalue weighted by molar-refractivity contribution is -0.121. The van der Waals surface area contributed by atoms with Crippen LogP contribution >= 0.6 is 0 Å². The van der Waals surface area contributed by atoms with Gasteiger partial charge in [-0.1, -0.05) is 27.7 Å². The molecule has 0 aromatic carbocycles. The predicted molar refractivity (Wildman–Crippen MR) is 64.8 cm³/mol. The first-order chi connectivity index (χ1) is 6.88. The molecular weight excluding hydrogens is 188 g/mol. The van der Waals surface area contributed by atoms with Crippen LogP contribution in [-0.2, 0) is 4.79 Å². The predicted octanol–water partition coefficient (Wildman–Crippen LogP) is 1.93. The monoisotopic (exact) mass is 214 g/mol. The van der Waals surface area contributed by atoms with E-state index in [-0.39, 0.29) is 11.3 Å². The third-order valence-electron chi connectivity index (χ3n) is 2.67. The second-order valence-corrected chi connectivity index (χ2v) is 5.14. The Balaban J connectivity index is 3.57. The third kappa shape index (κ3) is 7.37. The second kappa shape index (κ2) is 6.83. The summed E-state index contributed by atoms with van der Waals surface area (Å²) in [5, 5.41) is 6.23. The van der Waals surface area contributed by atoms with Crippen molar-refractivity contribution in [1.82, 2.24) is 10.6 Å². The number of nitrogens with one attached hydrogen (secondary N) is 2. The molecule has 0 aromatic rings. The van der Waals surface area contributed by atoms with Crippen LogP contribution in [0.15, 0.2) is 0 Å². The minimum absolute atomic E-state index is 0.144. The lowest BCUT2D eigenvalue weighted by Crippen LogP contribution is -2.39. The summed E-state index contributed by atoms with van der Waals surface area (Å²) in [5.41, 5.74) is 0.250. The van der Waals surface area contributed by atoms with E-state index in [0.717, 1.165) is 19.5 Å². The highest BCUT2D eigenvalue weighted by atomic mass is 16.1. The van der Waals surface area contributed by atoms with Crippen LogP contribution in [0.25, 0.3) is 0 Å². The van der Waals surface area contributed by atoms with Crippen LogP contribution in [0.1, 0.15) is 47.5 Å². The van der Waals surface area contributed by atoms with Crippen LogP contribution in [0.5, 0.6) is 0 Å². The zero-order valence-electron chi connectivity index (χ0n) is 10.8. The van der Waals surface area contributed by atoms with Crippen molar-refractivity contribution in [2.24, 2.45) is 5.41 Å². The molecule has 0 aliphatic rings. The van der Waals surface area contributed by atoms with E-state index in [4.69, 9.17) is 0 Å². The smallest absolute Gasteiger partial charge is 0.221 e. The zero-order chi connectivity index (χ0) is 11.9. The van der Waals surface area contributed by atoms with Gasteiger partial charge in [0, 0.05) is 25.6 Å². The molecule has 1 unspecified atom stereocenters. The van der Waals surface area contributed by atoms with Crippen molar-refractivity contribution in [3.63, 3.8) is 0 Å². The van der Waals surface area contributed by atoms with Gasteiger partial charge in [0.2, 0.25) is 5.91 Å². The number of amides is 1. The average molecular weight is 214 g/mol. The normalized spacial score (nSPS) is 13.7. The van der Waals surface area contributed by atoms with Crippen molar-refractivity contribution in [3.8, 4) is 0 Å². The lowest BCUT2D eigenvalue weighted by atomic mass is 9.88. The van der Waals surface area contributed by atoms with E-state index in [1.165, 1.54) is 0 Å². The van der Waals surface area contributed by atoms with Gasteiger partial charge in [0.25, 0.3) is 0 Å². The topological polar surface area (TPSA) is 41.1 Å². The Morgan fingerprint density at radius 3 is 2.33 bits per heavy atom. The molecule has 0 bridgehead atoms. The molecule has 0 rings (SSSR count). The molecule has 0 saturated carbocycles. The van der Waals surface area contributed by atoms with Crippen LogP contribution in [0.2, 0.25) is 0 Å². The van der Waals surface area contributed by atoms with E-state index in [9.17, 15) is 4.79 Å². The Morgan fingerprint density at radius 2 is 1.87 bits per heavy atom. The Bertz CT molecular complexity index is 185. The first kappa shape index (κ1) is 14.4. The SMILES string of the molecule is CCCNC(=O)CCNC(C)C(C)(C)C. The molecule has 3 nitrogen and oxygen atoms in total. The van der Waals surface area contributed by atoms with E-state index in [0.29, 0.717) is 12.5 Å². The zero-order valence-corrected chi connectivity index (χ0v) is 10.8. The highest BCUT2D eigenvalue weighted by Crippen LogP contribution is 2.18. The molecule has 0 fully saturated rings. The molecule has 0 aliphatic carbocycles. The Kier molecular flexibility index (Phi) is 6.57. The van der Waals surface area contributed by atoms with Crippen LogP contribution < -0.4 is 10.6 Å². The largest absolute Gasteiger partial charge is 0.356 e. The Hall–Kier alpha value is -0.570. The fourth-order valence-corrected chi connectivity index (χ4v) is 1.06. The number of hydrogen-bond acceptors (Lipinski definition) is 2. The lowest BCUT2D eigenvalue weighted by Gasteiger charge is -2.28. The summed E-state index contributed by atoms with van der Waals surface area (Å²) < 4.78 is 0. The highest BCUT2D eigenvalue weighted by Gasteiger charge is 2.18. The van der Waals surface area contributed by atoms with E-state index < -0.39 is 0 Å². The molecule has 15 heavy (non-hydrogen) atoms. The van der Waals surface area contributed by atoms with Gasteiger partial charge in [-0.25, -0.2) is 0 Å². The number of carbonyl (C=O) groups is 1. The van der Waals surface area contributed by atoms with Gasteiger partial charge >= 0.3 is 0 Å². The maximum Gasteiger partial charge on any atom is 0.221 e. The molecule has 90 valence electrons. The van der Waals surface area contributed by atoms with Crippen molar-refractivity contribution in [3.05, 3.63) is 0 Å². The molecule has 3 heteroatoms. The Morgan fingerprint density at radius 1 is 1.27 bits per heavy atom. The van der Waals surface area contributed by atoms with Gasteiger partial charge in [-0.2, -0.15) is 0 Å². The van der Waals surface area contributed by atoms with Crippen LogP contribution in [0, 0.1) is 5.41 Å². The maximum absolute atomic E-state index is 11.3. The summed E-state index contributed by atoms with van der Waals surface area (Å²) in [6.45, 7) is 12.3. The van der Waals surface area contributed by atoms with E-state index >= 15 is 0 Å². The van der Waals surface area contributed by atoms with Gasteiger partial charge in [0.1, 0.15) is 0 Å². The minimum atomic E-state index is 0.144. The molecule has 1 atom stereocenters. The van der Waals surface area contributed by atoms with Crippen LogP contribution in [0.4, 0.5) is 0 Å². The molecule has 2 N–H and O–H groups in total. The molecule has 0 radical (unpaired) electrons. The highest BCUT2D eigenvalue weighted by molar-refractivity contribution is 5.75. The first-order valence-corrected chi connectivity index (χ1v) is 5.88. The number of hydrogen-bond donors (Lipinski definition) is 2. The fraction of sp³-hybridized carbons (Fsp3) is 0.917. The van der Waals surface area contributed by atoms with E-state index in [2.05, 4.69) is 45.3 Å². The summed E-state index contributed by atoms with van der Waals surface area (Å²) in [4.78, 5) is 11.3. The summed E-state index contributed by atoms with van der Waals surface area (Å²) in [5.74, 6) is 0.144. The molecular formula is C12H26N2O. The summed E-state index contributed by atoms with van der Waals surface area (Å²) in [7, 11) is 0. The van der Waals surface area contributed by atoms with Crippen LogP contribution in [0.3, 0.4) is 0 Å². The molecule has 0 spiro atoms. The standard InChI is InChI=1S/C12H26N2O/c1-6-8-14-11(15)7-9-13-10(2)12(3,4)5/h10,13H,6-9H2,1-5H3,(H,14,15). The van der Waals surface area contributed by atoms with E-state index in [1.54, 1.807) is 0 Å². The molecule has 0 aliphatic heterocycles. The third-order valence-corrected chi connectivity index (χ3v) is 2.67. The molecule has 0 saturated heterocycles. The van der Waals surface area contributed by atoms with E-state index in [1.807, 2.05) is 0 Å². The van der Waals surface area contributed by atoms with Gasteiger partial charge < -0.3 is 10.6 Å². The average Bonchev–Trinajstić information content (AvgIpc) is 2.13. The molecule has 0 aromatic heterocycles. The van der Waals surface area contributed by atoms with Crippen molar-refractivity contribution >= 4 is 5.91 Å². The van der Waals surface area contributed by atoms with Crippen LogP contribution in [-0.4, -0.2) is 25.0 Å². The summed E-state index contributed by atoms with van der Waals surface area (Å²) >= 11 is 0. The van der Waals surface area contributed by atoms with Gasteiger partial charge in [0.05, 0.1) is 0 Å². The first-order valence-electron chi connectivity index (χ1n) is 5.88. The second-order valence-electron chi connectivity index (χ2n) is 5.14. The maximum atomic E-state index is 11.3. The fourth-order valence-electron chi connectivity index (χ4n) is 1.06. The van der Waals surface area contributed by atoms with Gasteiger partial charge in [-0.05, 0) is 18.8 Å². The van der Waals surface area contributed by atoms with Gasteiger partial charge in [0.15, 0.2) is 0 Å². The minimum Gasteiger partial charge on any atom is -0.356 e. The quantitative estimate of drug-likeness (QED) is 0.709. The van der Waals surface area contributed by atoms with Crippen molar-refractivity contribution in [2.75, 3.05) is 13.1 Å². The Labute approximate surface area is 94.0 Å². The van der Waals surface area contributed by atoms with Crippen molar-refractivity contribution in [2.45, 2.75) is 53.5 Å².